The van der Waals surface area contributed by atoms with Gasteiger partial charge >= 0.3 is 5.97 Å². The molecule has 8 heteroatoms. The molecule has 0 saturated heterocycles. The number of carboxylic acid groups (broad SMARTS) is 1. The van der Waals surface area contributed by atoms with Gasteiger partial charge in [0.1, 0.15) is 17.2 Å². The Kier molecular flexibility index (Phi) is 10.0. The van der Waals surface area contributed by atoms with Crippen LogP contribution in [0.25, 0.3) is 0 Å². The highest BCUT2D eigenvalue weighted by molar-refractivity contribution is 9.11. The predicted molar refractivity (Wildman–Crippen MR) is 154 cm³/mol. The molecule has 1 atom stereocenters. The molecule has 3 aromatic rings. The molecular weight excluding hydrogens is 602 g/mol. The molecule has 0 saturated carbocycles. The lowest BCUT2D eigenvalue weighted by Crippen LogP contribution is -2.23. The summed E-state index contributed by atoms with van der Waals surface area (Å²) in [6.45, 7) is 9.02. The van der Waals surface area contributed by atoms with Crippen LogP contribution in [-0.2, 0) is 11.2 Å². The van der Waals surface area contributed by atoms with E-state index in [1.165, 1.54) is 0 Å². The number of rotatable bonds is 11. The van der Waals surface area contributed by atoms with Crippen LogP contribution in [0.3, 0.4) is 0 Å². The van der Waals surface area contributed by atoms with E-state index >= 15 is 0 Å². The fraction of sp³-hybridized carbons (Fsp3) is 0.345. The smallest absolute Gasteiger partial charge is 0.307 e. The van der Waals surface area contributed by atoms with Crippen LogP contribution in [0, 0.1) is 6.92 Å². The highest BCUT2D eigenvalue weighted by atomic mass is 79.9. The molecule has 3 aromatic carbocycles. The third-order valence-corrected chi connectivity index (χ3v) is 7.26. The fourth-order valence-corrected chi connectivity index (χ4v) is 5.85. The first-order valence-corrected chi connectivity index (χ1v) is 13.7. The van der Waals surface area contributed by atoms with Gasteiger partial charge in [0.15, 0.2) is 5.75 Å². The van der Waals surface area contributed by atoms with Crippen LogP contribution >= 0.6 is 31.9 Å². The van der Waals surface area contributed by atoms with Crippen molar-refractivity contribution in [3.05, 3.63) is 79.2 Å². The summed E-state index contributed by atoms with van der Waals surface area (Å²) >= 11 is 7.16. The number of nitrogens with one attached hydrogen (secondary N) is 1. The zero-order valence-electron chi connectivity index (χ0n) is 21.9. The van der Waals surface area contributed by atoms with E-state index in [1.807, 2.05) is 31.2 Å². The van der Waals surface area contributed by atoms with E-state index in [-0.39, 0.29) is 18.4 Å². The first-order chi connectivity index (χ1) is 17.6. The Labute approximate surface area is 235 Å². The molecule has 0 radical (unpaired) electrons. The van der Waals surface area contributed by atoms with Gasteiger partial charge in [-0.05, 0) is 86.6 Å². The minimum absolute atomic E-state index is 0.0849. The molecule has 0 fully saturated rings. The summed E-state index contributed by atoms with van der Waals surface area (Å²) in [4.78, 5) is 11.2. The Morgan fingerprint density at radius 3 is 2.14 bits per heavy atom. The van der Waals surface area contributed by atoms with E-state index < -0.39 is 5.97 Å². The number of halogens is 2. The minimum atomic E-state index is -0.896. The molecule has 37 heavy (non-hydrogen) atoms. The number of ether oxygens (including phenoxy) is 3. The summed E-state index contributed by atoms with van der Waals surface area (Å²) in [6.07, 6.45) is -0.0849. The van der Waals surface area contributed by atoms with E-state index in [0.29, 0.717) is 32.6 Å². The van der Waals surface area contributed by atoms with Gasteiger partial charge < -0.3 is 24.6 Å². The molecule has 0 aromatic heterocycles. The molecule has 0 aliphatic carbocycles. The van der Waals surface area contributed by atoms with Crippen LogP contribution < -0.4 is 19.5 Å². The lowest BCUT2D eigenvalue weighted by Gasteiger charge is -2.26. The quantitative estimate of drug-likeness (QED) is 0.224. The SMILES string of the molecule is CCNC(c1cc(OC)c(C(C)C)cc1Oc1c(Br)cc(CC(=O)O)cc1Br)c1cccc(C)c1OC. The maximum atomic E-state index is 11.2. The number of methoxy groups -OCH3 is 2. The zero-order valence-corrected chi connectivity index (χ0v) is 25.1. The molecule has 6 nitrogen and oxygen atoms in total. The highest BCUT2D eigenvalue weighted by Crippen LogP contribution is 2.45. The number of carboxylic acids is 1. The second-order valence-corrected chi connectivity index (χ2v) is 10.7. The van der Waals surface area contributed by atoms with Gasteiger partial charge in [-0.1, -0.05) is 39.0 Å². The van der Waals surface area contributed by atoms with Gasteiger partial charge in [-0.25, -0.2) is 0 Å². The van der Waals surface area contributed by atoms with Crippen molar-refractivity contribution in [1.29, 1.82) is 0 Å². The summed E-state index contributed by atoms with van der Waals surface area (Å²) < 4.78 is 19.5. The Balaban J connectivity index is 2.25. The molecule has 198 valence electrons. The molecule has 0 aliphatic rings. The van der Waals surface area contributed by atoms with Gasteiger partial charge in [-0.15, -0.1) is 0 Å². The lowest BCUT2D eigenvalue weighted by molar-refractivity contribution is -0.136. The van der Waals surface area contributed by atoms with Crippen LogP contribution in [0.2, 0.25) is 0 Å². The molecule has 0 amide bonds. The number of benzene rings is 3. The third kappa shape index (κ3) is 6.67. The van der Waals surface area contributed by atoms with Crippen LogP contribution in [0.15, 0.2) is 51.4 Å². The van der Waals surface area contributed by atoms with E-state index in [0.717, 1.165) is 33.8 Å². The van der Waals surface area contributed by atoms with Crippen LogP contribution in [0.1, 0.15) is 60.5 Å². The second kappa shape index (κ2) is 12.8. The zero-order chi connectivity index (χ0) is 27.3. The normalized spacial score (nSPS) is 11.9. The predicted octanol–water partition coefficient (Wildman–Crippen LogP) is 7.78. The number of hydrogen-bond donors (Lipinski definition) is 2. The standard InChI is InChI=1S/C29H33Br2NO5/c1-7-32-27(19-10-8-9-17(4)28(19)36-6)21-15-24(35-5)20(16(2)3)14-25(21)37-29-22(30)11-18(12-23(29)31)13-26(33)34/h8-12,14-16,27,32H,7,13H2,1-6H3,(H,33,34). The largest absolute Gasteiger partial charge is 0.496 e. The fourth-order valence-electron chi connectivity index (χ4n) is 4.40. The number of aryl methyl sites for hydroxylation is 1. The topological polar surface area (TPSA) is 77.0 Å². The van der Waals surface area contributed by atoms with Crippen LogP contribution in [0.5, 0.6) is 23.0 Å². The lowest BCUT2D eigenvalue weighted by atomic mass is 9.91. The number of hydrogen-bond acceptors (Lipinski definition) is 5. The van der Waals surface area contributed by atoms with Gasteiger partial charge in [0.05, 0.1) is 35.6 Å². The Morgan fingerprint density at radius 1 is 0.946 bits per heavy atom. The van der Waals surface area contributed by atoms with Gasteiger partial charge in [0, 0.05) is 16.7 Å². The van der Waals surface area contributed by atoms with Gasteiger partial charge in [0.2, 0.25) is 0 Å². The molecule has 1 unspecified atom stereocenters. The Hall–Kier alpha value is -2.55. The van der Waals surface area contributed by atoms with Crippen molar-refractivity contribution in [2.75, 3.05) is 20.8 Å². The van der Waals surface area contributed by atoms with Crippen molar-refractivity contribution >= 4 is 37.8 Å². The first kappa shape index (κ1) is 29.0. The average Bonchev–Trinajstić information content (AvgIpc) is 2.84. The summed E-state index contributed by atoms with van der Waals surface area (Å²) in [7, 11) is 3.36. The molecule has 3 rings (SSSR count). The molecule has 0 heterocycles. The molecule has 2 N–H and O–H groups in total. The minimum Gasteiger partial charge on any atom is -0.496 e. The van der Waals surface area contributed by atoms with E-state index in [9.17, 15) is 9.90 Å². The number of carbonyl (C=O) groups is 1. The Bertz CT molecular complexity index is 1250. The van der Waals surface area contributed by atoms with Crippen molar-refractivity contribution in [2.45, 2.75) is 46.1 Å². The van der Waals surface area contributed by atoms with Crippen molar-refractivity contribution in [2.24, 2.45) is 0 Å². The second-order valence-electron chi connectivity index (χ2n) is 9.04. The van der Waals surface area contributed by atoms with E-state index in [1.54, 1.807) is 26.4 Å². The summed E-state index contributed by atoms with van der Waals surface area (Å²) in [5, 5.41) is 12.8. The maximum absolute atomic E-state index is 11.2. The molecule has 0 spiro atoms. The van der Waals surface area contributed by atoms with Crippen molar-refractivity contribution in [1.82, 2.24) is 5.32 Å². The van der Waals surface area contributed by atoms with Crippen molar-refractivity contribution < 1.29 is 24.1 Å². The highest BCUT2D eigenvalue weighted by Gasteiger charge is 2.26. The number of para-hydroxylation sites is 1. The molecule has 0 bridgehead atoms. The molecule has 0 aliphatic heterocycles. The summed E-state index contributed by atoms with van der Waals surface area (Å²) in [5.74, 6) is 2.11. The van der Waals surface area contributed by atoms with E-state index in [4.69, 9.17) is 14.2 Å². The van der Waals surface area contributed by atoms with Crippen LogP contribution in [-0.4, -0.2) is 31.8 Å². The van der Waals surface area contributed by atoms with E-state index in [2.05, 4.69) is 64.0 Å². The van der Waals surface area contributed by atoms with Gasteiger partial charge in [-0.2, -0.15) is 0 Å². The van der Waals surface area contributed by atoms with Crippen LogP contribution in [0.4, 0.5) is 0 Å². The number of aliphatic carboxylic acids is 1. The first-order valence-electron chi connectivity index (χ1n) is 12.1. The van der Waals surface area contributed by atoms with Gasteiger partial charge in [-0.3, -0.25) is 4.79 Å². The monoisotopic (exact) mass is 633 g/mol. The summed E-state index contributed by atoms with van der Waals surface area (Å²) in [6, 6.07) is 13.4. The van der Waals surface area contributed by atoms with Crippen molar-refractivity contribution in [3.63, 3.8) is 0 Å². The third-order valence-electron chi connectivity index (χ3n) is 6.09. The maximum Gasteiger partial charge on any atom is 0.307 e. The van der Waals surface area contributed by atoms with Gasteiger partial charge in [0.25, 0.3) is 0 Å². The Morgan fingerprint density at radius 2 is 1.59 bits per heavy atom. The van der Waals surface area contributed by atoms with Crippen molar-refractivity contribution in [3.8, 4) is 23.0 Å². The average molecular weight is 635 g/mol. The summed E-state index contributed by atoms with van der Waals surface area (Å²) in [5.41, 5.74) is 4.59. The molecular formula is C29H33Br2NO5.